The lowest BCUT2D eigenvalue weighted by molar-refractivity contribution is 1.18. The van der Waals surface area contributed by atoms with Crippen molar-refractivity contribution in [3.05, 3.63) is 315 Å². The molecule has 0 bridgehead atoms. The molecule has 2 heterocycles. The summed E-state index contributed by atoms with van der Waals surface area (Å²) >= 11 is 0. The summed E-state index contributed by atoms with van der Waals surface area (Å²) in [5.74, 6) is 0. The number of fused-ring (bicyclic) bond motifs is 12. The molecule has 0 spiro atoms. The average molecular weight is 1090 g/mol. The van der Waals surface area contributed by atoms with E-state index in [2.05, 4.69) is 325 Å². The Hall–Kier alpha value is -11.3. The predicted octanol–water partition coefficient (Wildman–Crippen LogP) is 23.1. The molecule has 0 aliphatic rings. The Balaban J connectivity index is 1.01. The number of aromatic nitrogens is 2. The second kappa shape index (κ2) is 19.1. The van der Waals surface area contributed by atoms with Crippen molar-refractivity contribution in [1.82, 2.24) is 9.13 Å². The van der Waals surface area contributed by atoms with E-state index in [1.165, 1.54) is 164 Å². The highest BCUT2D eigenvalue weighted by molar-refractivity contribution is 6.30. The van der Waals surface area contributed by atoms with Gasteiger partial charge in [-0.05, 0) is 193 Å². The molecule has 2 nitrogen and oxygen atoms in total. The molecule has 0 N–H and O–H groups in total. The lowest BCUT2D eigenvalue weighted by Gasteiger charge is -2.22. The zero-order valence-electron chi connectivity index (χ0n) is 46.9. The molecule has 86 heavy (non-hydrogen) atoms. The fraction of sp³-hybridized carbons (Fsp3) is 0. The van der Waals surface area contributed by atoms with Crippen LogP contribution in [0.2, 0.25) is 0 Å². The van der Waals surface area contributed by atoms with Crippen LogP contribution in [0.1, 0.15) is 0 Å². The summed E-state index contributed by atoms with van der Waals surface area (Å²) in [5, 5.41) is 19.5. The molecule has 18 rings (SSSR count). The molecule has 16 aromatic carbocycles. The Morgan fingerprint density at radius 2 is 0.488 bits per heavy atom. The van der Waals surface area contributed by atoms with Crippen LogP contribution in [0.5, 0.6) is 0 Å². The smallest absolute Gasteiger partial charge is 0.0547 e. The molecule has 0 aliphatic carbocycles. The first kappa shape index (κ1) is 48.2. The van der Waals surface area contributed by atoms with Crippen molar-refractivity contribution < 1.29 is 0 Å². The molecule has 18 aromatic rings. The van der Waals surface area contributed by atoms with Gasteiger partial charge >= 0.3 is 0 Å². The summed E-state index contributed by atoms with van der Waals surface area (Å²) in [6.45, 7) is 0. The SMILES string of the molecule is c1ccc(-n2c3ccccc3c3c(-c4cccc5c(-c6c7cccc(-c8ccc9ccccc9c8)c7cc7c(-c8ccc9ccccc9c8)cccc67)c6cccc(-c7cccc8c7c7ccccc7n8-c7ccccc7)c6cc45)cccc32)cc1. The zero-order chi connectivity index (χ0) is 56.4. The maximum atomic E-state index is 2.54. The highest BCUT2D eigenvalue weighted by Gasteiger charge is 2.25. The zero-order valence-corrected chi connectivity index (χ0v) is 46.9. The monoisotopic (exact) mass is 1090 g/mol. The molecule has 0 atom stereocenters. The van der Waals surface area contributed by atoms with Gasteiger partial charge in [0, 0.05) is 32.9 Å². The van der Waals surface area contributed by atoms with Crippen LogP contribution in [0.3, 0.4) is 0 Å². The lowest BCUT2D eigenvalue weighted by atomic mass is 9.81. The van der Waals surface area contributed by atoms with Crippen molar-refractivity contribution in [2.75, 3.05) is 0 Å². The number of rotatable bonds is 7. The topological polar surface area (TPSA) is 9.86 Å². The van der Waals surface area contributed by atoms with Crippen LogP contribution < -0.4 is 0 Å². The molecular formula is C84H52N2. The van der Waals surface area contributed by atoms with Crippen molar-refractivity contribution >= 4 is 108 Å². The standard InChI is InChI=1S/C84H52N2/c1-3-25-59(26-4-1)85-77-41-13-11-29-71(77)81-65(39-19-43-79(81)85)63-33-17-37-69-75(63)52-76-64(66-40-20-44-80-82(66)72-30-12-14-42-78(72)86(80)60-27-5-2-6-28-60)34-18-38-70(76)84(69)83-67-35-15-31-61(57-47-45-53-21-7-9-23-55(53)49-57)73(67)51-74-62(32-16-36-68(74)83)58-48-46-54-22-8-10-24-56(54)50-58/h1-52H. The van der Waals surface area contributed by atoms with Crippen molar-refractivity contribution in [3.8, 4) is 67.0 Å². The van der Waals surface area contributed by atoms with Crippen LogP contribution in [-0.2, 0) is 0 Å². The maximum Gasteiger partial charge on any atom is 0.0547 e. The van der Waals surface area contributed by atoms with E-state index in [0.29, 0.717) is 0 Å². The Bertz CT molecular complexity index is 5470. The van der Waals surface area contributed by atoms with E-state index in [4.69, 9.17) is 0 Å². The number of hydrogen-bond acceptors (Lipinski definition) is 0. The third-order valence-electron chi connectivity index (χ3n) is 18.5. The first-order valence-corrected chi connectivity index (χ1v) is 29.8. The third kappa shape index (κ3) is 7.27. The minimum Gasteiger partial charge on any atom is -0.309 e. The van der Waals surface area contributed by atoms with Crippen LogP contribution in [0.25, 0.3) is 175 Å². The highest BCUT2D eigenvalue weighted by Crippen LogP contribution is 2.52. The second-order valence-electron chi connectivity index (χ2n) is 23.0. The summed E-state index contributed by atoms with van der Waals surface area (Å²) in [6.07, 6.45) is 0. The van der Waals surface area contributed by atoms with Gasteiger partial charge in [-0.2, -0.15) is 0 Å². The quantitative estimate of drug-likeness (QED) is 0.141. The highest BCUT2D eigenvalue weighted by atomic mass is 15.0. The van der Waals surface area contributed by atoms with Gasteiger partial charge in [0.15, 0.2) is 0 Å². The van der Waals surface area contributed by atoms with Gasteiger partial charge in [0.05, 0.1) is 22.1 Å². The number of para-hydroxylation sites is 4. The summed E-state index contributed by atoms with van der Waals surface area (Å²) in [7, 11) is 0. The van der Waals surface area contributed by atoms with Gasteiger partial charge < -0.3 is 9.13 Å². The van der Waals surface area contributed by atoms with Gasteiger partial charge in [-0.1, -0.05) is 243 Å². The van der Waals surface area contributed by atoms with Crippen molar-refractivity contribution in [1.29, 1.82) is 0 Å². The van der Waals surface area contributed by atoms with E-state index in [1.54, 1.807) is 0 Å². The van der Waals surface area contributed by atoms with Crippen LogP contribution in [-0.4, -0.2) is 9.13 Å². The Morgan fingerprint density at radius 1 is 0.174 bits per heavy atom. The number of hydrogen-bond donors (Lipinski definition) is 0. The fourth-order valence-corrected chi connectivity index (χ4v) is 14.8. The fourth-order valence-electron chi connectivity index (χ4n) is 14.8. The van der Waals surface area contributed by atoms with Crippen LogP contribution in [0.4, 0.5) is 0 Å². The predicted molar refractivity (Wildman–Crippen MR) is 367 cm³/mol. The van der Waals surface area contributed by atoms with E-state index in [0.717, 1.165) is 11.4 Å². The molecule has 398 valence electrons. The molecule has 2 heteroatoms. The first-order chi connectivity index (χ1) is 42.7. The minimum absolute atomic E-state index is 1.14. The maximum absolute atomic E-state index is 2.54. The minimum atomic E-state index is 1.14. The van der Waals surface area contributed by atoms with Gasteiger partial charge in [-0.15, -0.1) is 0 Å². The van der Waals surface area contributed by atoms with E-state index in [9.17, 15) is 0 Å². The van der Waals surface area contributed by atoms with Crippen LogP contribution in [0, 0.1) is 0 Å². The Kier molecular flexibility index (Phi) is 10.7. The van der Waals surface area contributed by atoms with E-state index < -0.39 is 0 Å². The normalized spacial score (nSPS) is 12.0. The van der Waals surface area contributed by atoms with Gasteiger partial charge in [0.25, 0.3) is 0 Å². The van der Waals surface area contributed by atoms with Gasteiger partial charge in [-0.25, -0.2) is 0 Å². The van der Waals surface area contributed by atoms with E-state index >= 15 is 0 Å². The van der Waals surface area contributed by atoms with Gasteiger partial charge in [-0.3, -0.25) is 0 Å². The molecule has 0 saturated heterocycles. The number of benzene rings is 16. The number of nitrogens with zero attached hydrogens (tertiary/aromatic N) is 2. The Morgan fingerprint density at radius 3 is 0.919 bits per heavy atom. The van der Waals surface area contributed by atoms with Crippen LogP contribution >= 0.6 is 0 Å². The van der Waals surface area contributed by atoms with Gasteiger partial charge in [0.2, 0.25) is 0 Å². The molecule has 0 saturated carbocycles. The van der Waals surface area contributed by atoms with E-state index in [-0.39, 0.29) is 0 Å². The average Bonchev–Trinajstić information content (AvgIpc) is 1.61. The molecule has 0 unspecified atom stereocenters. The molecule has 0 fully saturated rings. The largest absolute Gasteiger partial charge is 0.309 e. The van der Waals surface area contributed by atoms with Crippen molar-refractivity contribution in [3.63, 3.8) is 0 Å². The second-order valence-corrected chi connectivity index (χ2v) is 23.0. The van der Waals surface area contributed by atoms with Gasteiger partial charge in [0.1, 0.15) is 0 Å². The summed E-state index contributed by atoms with van der Waals surface area (Å²) in [4.78, 5) is 0. The van der Waals surface area contributed by atoms with E-state index in [1.807, 2.05) is 0 Å². The van der Waals surface area contributed by atoms with Crippen molar-refractivity contribution in [2.24, 2.45) is 0 Å². The Labute approximate surface area is 496 Å². The first-order valence-electron chi connectivity index (χ1n) is 29.8. The molecule has 0 radical (unpaired) electrons. The summed E-state index contributed by atoms with van der Waals surface area (Å²) < 4.78 is 4.88. The molecular weight excluding hydrogens is 1040 g/mol. The third-order valence-corrected chi connectivity index (χ3v) is 18.5. The molecule has 0 amide bonds. The summed E-state index contributed by atoms with van der Waals surface area (Å²) in [6, 6.07) is 118. The lowest BCUT2D eigenvalue weighted by Crippen LogP contribution is -1.95. The summed E-state index contributed by atoms with van der Waals surface area (Å²) in [5.41, 5.74) is 19.1. The molecule has 0 aliphatic heterocycles. The van der Waals surface area contributed by atoms with Crippen molar-refractivity contribution in [2.45, 2.75) is 0 Å². The molecule has 2 aromatic heterocycles. The van der Waals surface area contributed by atoms with Crippen LogP contribution in [0.15, 0.2) is 315 Å².